The second-order valence-electron chi connectivity index (χ2n) is 7.53. The van der Waals surface area contributed by atoms with Crippen molar-refractivity contribution in [2.45, 2.75) is 25.9 Å². The van der Waals surface area contributed by atoms with Gasteiger partial charge in [-0.3, -0.25) is 4.79 Å². The molecule has 2 aliphatic heterocycles. The summed E-state index contributed by atoms with van der Waals surface area (Å²) in [6, 6.07) is 8.37. The largest absolute Gasteiger partial charge is 0.497 e. The van der Waals surface area contributed by atoms with E-state index in [2.05, 4.69) is 10.3 Å². The number of hydrogen-bond donors (Lipinski definition) is 1. The quantitative estimate of drug-likeness (QED) is 0.567. The van der Waals surface area contributed by atoms with Gasteiger partial charge in [-0.1, -0.05) is 11.8 Å². The van der Waals surface area contributed by atoms with E-state index in [4.69, 9.17) is 18.6 Å². The molecule has 2 aromatic rings. The molecule has 1 unspecified atom stereocenters. The molecule has 0 spiro atoms. The van der Waals surface area contributed by atoms with Crippen LogP contribution in [0.2, 0.25) is 0 Å². The number of furan rings is 1. The van der Waals surface area contributed by atoms with Crippen molar-refractivity contribution in [2.24, 2.45) is 4.99 Å². The number of amidine groups is 1. The standard InChI is InChI=1S/C24H25N3O6S/c1-14-21(23(29)32-4)22(18-8-7-16(30-2)11-19(18)31-3)27-15(13-34-24(27)26-14)10-20(28)25-12-17-6-5-9-33-17/h5-9,11,13,22H,10,12H2,1-4H3,(H,25,28). The lowest BCUT2D eigenvalue weighted by Gasteiger charge is -2.36. The molecule has 4 rings (SSSR count). The van der Waals surface area contributed by atoms with Gasteiger partial charge in [0.25, 0.3) is 0 Å². The van der Waals surface area contributed by atoms with Crippen LogP contribution in [0, 0.1) is 0 Å². The van der Waals surface area contributed by atoms with E-state index in [1.54, 1.807) is 51.7 Å². The van der Waals surface area contributed by atoms with E-state index in [1.165, 1.54) is 18.9 Å². The maximum atomic E-state index is 12.9. The summed E-state index contributed by atoms with van der Waals surface area (Å²) in [5.41, 5.74) is 2.35. The highest BCUT2D eigenvalue weighted by molar-refractivity contribution is 8.16. The number of benzene rings is 1. The van der Waals surface area contributed by atoms with Crippen molar-refractivity contribution >= 4 is 28.8 Å². The van der Waals surface area contributed by atoms with Crippen LogP contribution in [0.15, 0.2) is 68.4 Å². The van der Waals surface area contributed by atoms with Crippen LogP contribution in [-0.4, -0.2) is 43.3 Å². The lowest BCUT2D eigenvalue weighted by Crippen LogP contribution is -2.38. The smallest absolute Gasteiger partial charge is 0.338 e. The van der Waals surface area contributed by atoms with Crippen molar-refractivity contribution in [2.75, 3.05) is 21.3 Å². The van der Waals surface area contributed by atoms with Gasteiger partial charge in [0.15, 0.2) is 5.17 Å². The number of methoxy groups -OCH3 is 3. The van der Waals surface area contributed by atoms with Crippen molar-refractivity contribution in [1.82, 2.24) is 10.2 Å². The molecule has 1 amide bonds. The summed E-state index contributed by atoms with van der Waals surface area (Å²) in [4.78, 5) is 32.1. The van der Waals surface area contributed by atoms with Crippen LogP contribution in [0.5, 0.6) is 11.5 Å². The van der Waals surface area contributed by atoms with E-state index in [0.717, 1.165) is 5.56 Å². The first-order valence-corrected chi connectivity index (χ1v) is 11.4. The van der Waals surface area contributed by atoms with Gasteiger partial charge >= 0.3 is 5.97 Å². The Hall–Kier alpha value is -3.66. The third-order valence-electron chi connectivity index (χ3n) is 5.52. The molecule has 0 bridgehead atoms. The third kappa shape index (κ3) is 4.54. The van der Waals surface area contributed by atoms with E-state index >= 15 is 0 Å². The number of hydrogen-bond acceptors (Lipinski definition) is 9. The molecule has 10 heteroatoms. The Bertz CT molecular complexity index is 1190. The zero-order valence-corrected chi connectivity index (χ0v) is 20.1. The summed E-state index contributed by atoms with van der Waals surface area (Å²) in [6.07, 6.45) is 1.65. The number of nitrogens with one attached hydrogen (secondary N) is 1. The number of thioether (sulfide) groups is 1. The summed E-state index contributed by atoms with van der Waals surface area (Å²) in [7, 11) is 4.47. The number of aliphatic imine (C=N–C) groups is 1. The molecule has 1 aromatic carbocycles. The van der Waals surface area contributed by atoms with Gasteiger partial charge in [0.2, 0.25) is 5.91 Å². The molecule has 0 fully saturated rings. The lowest BCUT2D eigenvalue weighted by molar-refractivity contribution is -0.136. The number of fused-ring (bicyclic) bond motifs is 1. The fourth-order valence-corrected chi connectivity index (χ4v) is 4.87. The molecule has 178 valence electrons. The van der Waals surface area contributed by atoms with E-state index in [9.17, 15) is 9.59 Å². The highest BCUT2D eigenvalue weighted by Gasteiger charge is 2.42. The number of allylic oxidation sites excluding steroid dienone is 1. The highest BCUT2D eigenvalue weighted by Crippen LogP contribution is 2.47. The second kappa shape index (κ2) is 10.1. The molecule has 2 aliphatic rings. The van der Waals surface area contributed by atoms with E-state index in [0.29, 0.717) is 39.4 Å². The Labute approximate surface area is 201 Å². The number of ether oxygens (including phenoxy) is 3. The van der Waals surface area contributed by atoms with Gasteiger partial charge in [-0.05, 0) is 36.6 Å². The van der Waals surface area contributed by atoms with E-state index in [-0.39, 0.29) is 18.9 Å². The summed E-state index contributed by atoms with van der Waals surface area (Å²) in [5, 5.41) is 5.40. The predicted molar refractivity (Wildman–Crippen MR) is 127 cm³/mol. The average molecular weight is 484 g/mol. The molecule has 0 saturated carbocycles. The minimum atomic E-state index is -0.597. The third-order valence-corrected chi connectivity index (χ3v) is 6.41. The molecule has 1 aromatic heterocycles. The van der Waals surface area contributed by atoms with Gasteiger partial charge in [0, 0.05) is 17.3 Å². The molecule has 9 nitrogen and oxygen atoms in total. The Morgan fingerprint density at radius 2 is 2.03 bits per heavy atom. The first-order chi connectivity index (χ1) is 16.5. The van der Waals surface area contributed by atoms with Crippen molar-refractivity contribution in [3.63, 3.8) is 0 Å². The summed E-state index contributed by atoms with van der Waals surface area (Å²) in [5.74, 6) is 1.14. The average Bonchev–Trinajstić information content (AvgIpc) is 3.51. The lowest BCUT2D eigenvalue weighted by atomic mass is 9.93. The predicted octanol–water partition coefficient (Wildman–Crippen LogP) is 3.75. The van der Waals surface area contributed by atoms with Gasteiger partial charge in [-0.25, -0.2) is 9.79 Å². The van der Waals surface area contributed by atoms with Gasteiger partial charge in [0.05, 0.1) is 57.9 Å². The highest BCUT2D eigenvalue weighted by atomic mass is 32.2. The van der Waals surface area contributed by atoms with Crippen LogP contribution in [0.1, 0.15) is 30.7 Å². The Kier molecular flexibility index (Phi) is 6.97. The van der Waals surface area contributed by atoms with E-state index in [1.807, 2.05) is 16.4 Å². The van der Waals surface area contributed by atoms with Crippen LogP contribution in [-0.2, 0) is 20.9 Å². The number of amides is 1. The molecule has 0 saturated heterocycles. The van der Waals surface area contributed by atoms with Crippen molar-refractivity contribution in [1.29, 1.82) is 0 Å². The van der Waals surface area contributed by atoms with Crippen molar-refractivity contribution in [3.8, 4) is 11.5 Å². The molecule has 0 radical (unpaired) electrons. The van der Waals surface area contributed by atoms with Gasteiger partial charge in [0.1, 0.15) is 17.3 Å². The number of esters is 1. The second-order valence-corrected chi connectivity index (χ2v) is 8.36. The molecular weight excluding hydrogens is 458 g/mol. The van der Waals surface area contributed by atoms with Gasteiger partial charge in [-0.15, -0.1) is 0 Å². The molecule has 3 heterocycles. The summed E-state index contributed by atoms with van der Waals surface area (Å²) >= 11 is 1.40. The van der Waals surface area contributed by atoms with Crippen LogP contribution in [0.4, 0.5) is 0 Å². The maximum absolute atomic E-state index is 12.9. The zero-order chi connectivity index (χ0) is 24.2. The normalized spacial score (nSPS) is 17.1. The van der Waals surface area contributed by atoms with Gasteiger partial charge < -0.3 is 28.8 Å². The van der Waals surface area contributed by atoms with E-state index < -0.39 is 12.0 Å². The fraction of sp³-hybridized carbons (Fsp3) is 0.292. The van der Waals surface area contributed by atoms with Crippen LogP contribution >= 0.6 is 11.8 Å². The van der Waals surface area contributed by atoms with Crippen molar-refractivity contribution in [3.05, 3.63) is 70.3 Å². The number of rotatable bonds is 8. The minimum absolute atomic E-state index is 0.0925. The summed E-state index contributed by atoms with van der Waals surface area (Å²) in [6.45, 7) is 2.06. The monoisotopic (exact) mass is 483 g/mol. The van der Waals surface area contributed by atoms with Crippen LogP contribution < -0.4 is 14.8 Å². The Morgan fingerprint density at radius 1 is 1.21 bits per heavy atom. The molecule has 1 N–H and O–H groups in total. The molecule has 0 aliphatic carbocycles. The number of carbonyl (C=O) groups is 2. The summed E-state index contributed by atoms with van der Waals surface area (Å²) < 4.78 is 21.4. The maximum Gasteiger partial charge on any atom is 0.338 e. The van der Waals surface area contributed by atoms with Crippen molar-refractivity contribution < 1.29 is 28.2 Å². The molecule has 1 atom stereocenters. The minimum Gasteiger partial charge on any atom is -0.497 e. The topological polar surface area (TPSA) is 103 Å². The van der Waals surface area contributed by atoms with Crippen LogP contribution in [0.25, 0.3) is 0 Å². The fourth-order valence-electron chi connectivity index (χ4n) is 3.91. The first-order valence-electron chi connectivity index (χ1n) is 10.5. The SMILES string of the molecule is COC(=O)C1=C(C)N=C2SC=C(CC(=O)NCc3ccco3)N2C1c1ccc(OC)cc1OC. The van der Waals surface area contributed by atoms with Gasteiger partial charge in [-0.2, -0.15) is 0 Å². The van der Waals surface area contributed by atoms with Crippen LogP contribution in [0.3, 0.4) is 0 Å². The Balaban J connectivity index is 1.69. The molecular formula is C24H25N3O6S. The molecule has 34 heavy (non-hydrogen) atoms. The Morgan fingerprint density at radius 3 is 2.71 bits per heavy atom. The number of carbonyl (C=O) groups excluding carboxylic acids is 2. The first kappa shape index (κ1) is 23.5. The zero-order valence-electron chi connectivity index (χ0n) is 19.3. The number of nitrogens with zero attached hydrogens (tertiary/aromatic N) is 2.